The van der Waals surface area contributed by atoms with E-state index in [2.05, 4.69) is 4.90 Å². The van der Waals surface area contributed by atoms with E-state index in [1.54, 1.807) is 16.2 Å². The number of carbonyl (C=O) groups is 2. The minimum Gasteiger partial charge on any atom is -0.378 e. The Bertz CT molecular complexity index is 741. The summed E-state index contributed by atoms with van der Waals surface area (Å²) in [4.78, 5) is 31.9. The second kappa shape index (κ2) is 10.6. The molecule has 2 amide bonds. The highest BCUT2D eigenvalue weighted by Crippen LogP contribution is 2.37. The highest BCUT2D eigenvalue weighted by molar-refractivity contribution is 7.11. The van der Waals surface area contributed by atoms with E-state index in [-0.39, 0.29) is 17.9 Å². The summed E-state index contributed by atoms with van der Waals surface area (Å²) in [6.07, 6.45) is 13.0. The van der Waals surface area contributed by atoms with E-state index in [0.29, 0.717) is 37.6 Å². The van der Waals surface area contributed by atoms with Crippen LogP contribution >= 0.6 is 11.3 Å². The molecule has 164 valence electrons. The van der Waals surface area contributed by atoms with Gasteiger partial charge < -0.3 is 9.64 Å². The first kappa shape index (κ1) is 21.6. The monoisotopic (exact) mass is 430 g/mol. The molecule has 0 atom stereocenters. The number of thiophene rings is 1. The Morgan fingerprint density at radius 1 is 0.833 bits per heavy atom. The normalized spacial score (nSPS) is 23.6. The van der Waals surface area contributed by atoms with Gasteiger partial charge in [-0.3, -0.25) is 14.5 Å². The molecule has 4 rings (SSSR count). The summed E-state index contributed by atoms with van der Waals surface area (Å²) in [7, 11) is 0. The number of carbonyl (C=O) groups excluding carboxylic acids is 2. The van der Waals surface area contributed by atoms with Crippen LogP contribution in [-0.4, -0.2) is 54.0 Å². The van der Waals surface area contributed by atoms with Crippen LogP contribution in [0.3, 0.4) is 0 Å². The van der Waals surface area contributed by atoms with E-state index in [9.17, 15) is 9.59 Å². The van der Waals surface area contributed by atoms with Crippen molar-refractivity contribution in [3.8, 4) is 0 Å². The number of imide groups is 1. The van der Waals surface area contributed by atoms with E-state index >= 15 is 0 Å². The van der Waals surface area contributed by atoms with Crippen molar-refractivity contribution in [1.29, 1.82) is 0 Å². The molecule has 1 saturated carbocycles. The minimum absolute atomic E-state index is 0.0259. The molecule has 3 aliphatic rings. The van der Waals surface area contributed by atoms with E-state index in [1.165, 1.54) is 44.9 Å². The first-order valence-corrected chi connectivity index (χ1v) is 12.6. The Labute approximate surface area is 184 Å². The molecule has 1 aliphatic carbocycles. The molecular weight excluding hydrogens is 396 g/mol. The van der Waals surface area contributed by atoms with Crippen molar-refractivity contribution in [2.75, 3.05) is 26.3 Å². The van der Waals surface area contributed by atoms with Crippen molar-refractivity contribution in [2.45, 2.75) is 76.7 Å². The molecule has 30 heavy (non-hydrogen) atoms. The molecule has 2 fully saturated rings. The average Bonchev–Trinajstić information content (AvgIpc) is 3.36. The number of morpholine rings is 1. The molecular formula is C24H34N2O3S. The van der Waals surface area contributed by atoms with Crippen molar-refractivity contribution in [2.24, 2.45) is 0 Å². The molecule has 3 heterocycles. The lowest BCUT2D eigenvalue weighted by molar-refractivity contribution is -0.140. The zero-order chi connectivity index (χ0) is 20.8. The summed E-state index contributed by atoms with van der Waals surface area (Å²) in [6, 6.07) is 3.95. The summed E-state index contributed by atoms with van der Waals surface area (Å²) in [5.74, 6) is -0.163. The minimum atomic E-state index is -0.0824. The average molecular weight is 431 g/mol. The second-order valence-electron chi connectivity index (χ2n) is 8.69. The van der Waals surface area contributed by atoms with Crippen LogP contribution in [0.25, 0.3) is 5.57 Å². The van der Waals surface area contributed by atoms with Gasteiger partial charge in [-0.25, -0.2) is 0 Å². The molecule has 5 nitrogen and oxygen atoms in total. The molecule has 0 unspecified atom stereocenters. The molecule has 0 spiro atoms. The van der Waals surface area contributed by atoms with Crippen LogP contribution in [0.1, 0.15) is 75.5 Å². The van der Waals surface area contributed by atoms with Gasteiger partial charge in [-0.1, -0.05) is 63.9 Å². The Morgan fingerprint density at radius 3 is 2.00 bits per heavy atom. The van der Waals surface area contributed by atoms with Gasteiger partial charge >= 0.3 is 0 Å². The number of hydrogen-bond acceptors (Lipinski definition) is 5. The smallest absolute Gasteiger partial charge is 0.278 e. The molecule has 1 saturated heterocycles. The summed E-state index contributed by atoms with van der Waals surface area (Å²) in [6.45, 7) is 2.54. The molecule has 1 aromatic rings. The number of rotatable bonds is 3. The van der Waals surface area contributed by atoms with Gasteiger partial charge in [0.2, 0.25) is 0 Å². The van der Waals surface area contributed by atoms with Gasteiger partial charge in [0.15, 0.2) is 0 Å². The Morgan fingerprint density at radius 2 is 1.43 bits per heavy atom. The van der Waals surface area contributed by atoms with Crippen LogP contribution in [0.15, 0.2) is 23.2 Å². The third-order valence-corrected chi connectivity index (χ3v) is 7.51. The lowest BCUT2D eigenvalue weighted by Crippen LogP contribution is -2.44. The zero-order valence-corrected chi connectivity index (χ0v) is 18.8. The van der Waals surface area contributed by atoms with E-state index in [1.807, 2.05) is 17.5 Å². The Balaban J connectivity index is 1.58. The zero-order valence-electron chi connectivity index (χ0n) is 17.9. The van der Waals surface area contributed by atoms with Crippen LogP contribution < -0.4 is 0 Å². The molecule has 0 radical (unpaired) electrons. The van der Waals surface area contributed by atoms with Gasteiger partial charge in [0, 0.05) is 24.0 Å². The maximum Gasteiger partial charge on any atom is 0.278 e. The fourth-order valence-corrected chi connectivity index (χ4v) is 5.75. The number of amides is 2. The van der Waals surface area contributed by atoms with Crippen molar-refractivity contribution < 1.29 is 14.3 Å². The van der Waals surface area contributed by atoms with Crippen molar-refractivity contribution in [3.63, 3.8) is 0 Å². The predicted octanol–water partition coefficient (Wildman–Crippen LogP) is 4.83. The van der Waals surface area contributed by atoms with E-state index in [0.717, 1.165) is 30.6 Å². The van der Waals surface area contributed by atoms with Crippen LogP contribution in [0, 0.1) is 0 Å². The number of ether oxygens (including phenoxy) is 1. The quantitative estimate of drug-likeness (QED) is 0.644. The van der Waals surface area contributed by atoms with Gasteiger partial charge in [0.25, 0.3) is 11.8 Å². The summed E-state index contributed by atoms with van der Waals surface area (Å²) in [5, 5.41) is 1.98. The highest BCUT2D eigenvalue weighted by atomic mass is 32.1. The molecule has 6 heteroatoms. The van der Waals surface area contributed by atoms with Crippen LogP contribution in [-0.2, 0) is 14.3 Å². The van der Waals surface area contributed by atoms with Gasteiger partial charge in [-0.15, -0.1) is 11.3 Å². The standard InChI is InChI=1S/C24H34N2O3S/c27-23-21(20-13-10-18-30-20)22(25-14-16-29-17-15-25)24(28)26(23)19-11-8-6-4-2-1-3-5-7-9-12-19/h10,13,18-19H,1-9,11-12,14-17H2. The van der Waals surface area contributed by atoms with Gasteiger partial charge in [0.05, 0.1) is 18.8 Å². The maximum atomic E-state index is 13.7. The Hall–Kier alpha value is -1.66. The summed E-state index contributed by atoms with van der Waals surface area (Å²) < 4.78 is 5.50. The predicted molar refractivity (Wildman–Crippen MR) is 120 cm³/mol. The van der Waals surface area contributed by atoms with Crippen molar-refractivity contribution in [1.82, 2.24) is 9.80 Å². The SMILES string of the molecule is O=C1C(c2cccs2)=C(N2CCOCC2)C(=O)N1C1CCCCCCCCCCC1. The largest absolute Gasteiger partial charge is 0.378 e. The van der Waals surface area contributed by atoms with Crippen molar-refractivity contribution in [3.05, 3.63) is 28.1 Å². The fraction of sp³-hybridized carbons (Fsp3) is 0.667. The lowest BCUT2D eigenvalue weighted by Gasteiger charge is -2.31. The second-order valence-corrected chi connectivity index (χ2v) is 9.64. The third kappa shape index (κ3) is 4.80. The number of hydrogen-bond donors (Lipinski definition) is 0. The Kier molecular flexibility index (Phi) is 7.61. The highest BCUT2D eigenvalue weighted by Gasteiger charge is 2.45. The van der Waals surface area contributed by atoms with Crippen LogP contribution in [0.5, 0.6) is 0 Å². The first-order chi connectivity index (χ1) is 14.8. The molecule has 0 N–H and O–H groups in total. The van der Waals surface area contributed by atoms with Gasteiger partial charge in [-0.2, -0.15) is 0 Å². The van der Waals surface area contributed by atoms with Gasteiger partial charge in [0.1, 0.15) is 5.70 Å². The summed E-state index contributed by atoms with van der Waals surface area (Å²) in [5.41, 5.74) is 1.22. The molecule has 0 bridgehead atoms. The molecule has 1 aromatic heterocycles. The molecule has 0 aromatic carbocycles. The van der Waals surface area contributed by atoms with Crippen LogP contribution in [0.2, 0.25) is 0 Å². The van der Waals surface area contributed by atoms with Crippen LogP contribution in [0.4, 0.5) is 0 Å². The lowest BCUT2D eigenvalue weighted by atomic mass is 9.97. The maximum absolute atomic E-state index is 13.7. The van der Waals surface area contributed by atoms with E-state index in [4.69, 9.17) is 4.74 Å². The summed E-state index contributed by atoms with van der Waals surface area (Å²) >= 11 is 1.55. The molecule has 2 aliphatic heterocycles. The first-order valence-electron chi connectivity index (χ1n) is 11.8. The van der Waals surface area contributed by atoms with E-state index < -0.39 is 0 Å². The fourth-order valence-electron chi connectivity index (χ4n) is 4.99. The third-order valence-electron chi connectivity index (χ3n) is 6.63. The topological polar surface area (TPSA) is 49.9 Å². The van der Waals surface area contributed by atoms with Crippen molar-refractivity contribution >= 4 is 28.7 Å². The van der Waals surface area contributed by atoms with Gasteiger partial charge in [-0.05, 0) is 24.3 Å². The number of nitrogens with zero attached hydrogens (tertiary/aromatic N) is 2.